The van der Waals surface area contributed by atoms with Crippen LogP contribution in [0.15, 0.2) is 97.1 Å². The van der Waals surface area contributed by atoms with E-state index in [-0.39, 0.29) is 25.0 Å². The Labute approximate surface area is 269 Å². The number of hydrogen-bond donors (Lipinski definition) is 0. The van der Waals surface area contributed by atoms with Gasteiger partial charge in [-0.3, -0.25) is 0 Å². The van der Waals surface area contributed by atoms with Crippen LogP contribution in [0.25, 0.3) is 21.8 Å². The topological polar surface area (TPSA) is 28.3 Å². The van der Waals surface area contributed by atoms with Gasteiger partial charge < -0.3 is 18.6 Å². The number of para-hydroxylation sites is 2. The van der Waals surface area contributed by atoms with Crippen LogP contribution in [0.5, 0.6) is 11.5 Å². The number of terminal acetylenes is 4. The highest BCUT2D eigenvalue weighted by atomic mass is 16.5. The Hall–Kier alpha value is -6.20. The first-order chi connectivity index (χ1) is 22.7. The molecule has 1 aliphatic rings. The molecule has 2 atom stereocenters. The van der Waals surface area contributed by atoms with E-state index >= 15 is 0 Å². The smallest absolute Gasteiger partial charge is 0.148 e. The molecule has 6 aromatic rings. The van der Waals surface area contributed by atoms with Crippen molar-refractivity contribution in [2.75, 3.05) is 13.2 Å². The van der Waals surface area contributed by atoms with Crippen LogP contribution in [0, 0.1) is 49.4 Å². The number of nitrogens with zero attached hydrogens (tertiary/aromatic N) is 2. The molecule has 0 aliphatic heterocycles. The van der Waals surface area contributed by atoms with E-state index in [0.717, 1.165) is 44.3 Å². The zero-order valence-electron chi connectivity index (χ0n) is 25.2. The van der Waals surface area contributed by atoms with E-state index in [1.54, 1.807) is 0 Å². The zero-order valence-corrected chi connectivity index (χ0v) is 25.2. The average molecular weight is 595 g/mol. The number of fused-ring (bicyclic) bond motifs is 6. The minimum Gasteiger partial charge on any atom is -0.481 e. The third-order valence-corrected chi connectivity index (χ3v) is 8.75. The molecule has 220 valence electrons. The summed E-state index contributed by atoms with van der Waals surface area (Å²) in [6.07, 6.45) is 23.3. The Morgan fingerprint density at radius 3 is 1.37 bits per heavy atom. The lowest BCUT2D eigenvalue weighted by molar-refractivity contribution is 0.369. The van der Waals surface area contributed by atoms with Crippen LogP contribution in [0.3, 0.4) is 0 Å². The molecule has 2 aromatic heterocycles. The number of rotatable bonds is 8. The molecule has 4 heteroatoms. The molecule has 0 saturated heterocycles. The molecule has 0 fully saturated rings. The SMILES string of the molecule is C#CCOc1cccc(C2c3c(n(CC#C)c4ccccc34)C(c3cccc(OCC#C)c3)c3c2n(CC#C)c2ccccc32)c1. The van der Waals surface area contributed by atoms with E-state index in [2.05, 4.69) is 106 Å². The Kier molecular flexibility index (Phi) is 7.49. The molecule has 1 aliphatic carbocycles. The molecule has 0 saturated carbocycles. The maximum absolute atomic E-state index is 6.08. The lowest BCUT2D eigenvalue weighted by Gasteiger charge is -2.34. The van der Waals surface area contributed by atoms with Gasteiger partial charge in [0.25, 0.3) is 0 Å². The van der Waals surface area contributed by atoms with Crippen molar-refractivity contribution >= 4 is 21.8 Å². The van der Waals surface area contributed by atoms with Gasteiger partial charge in [0.1, 0.15) is 24.7 Å². The molecule has 0 spiro atoms. The normalized spacial score (nSPS) is 14.8. The highest BCUT2D eigenvalue weighted by Crippen LogP contribution is 2.55. The van der Waals surface area contributed by atoms with E-state index in [1.807, 2.05) is 24.3 Å². The van der Waals surface area contributed by atoms with Gasteiger partial charge in [-0.15, -0.1) is 25.7 Å². The van der Waals surface area contributed by atoms with Crippen molar-refractivity contribution in [2.45, 2.75) is 24.9 Å². The van der Waals surface area contributed by atoms with Gasteiger partial charge in [-0.2, -0.15) is 0 Å². The van der Waals surface area contributed by atoms with Gasteiger partial charge in [0, 0.05) is 33.2 Å². The van der Waals surface area contributed by atoms with E-state index in [1.165, 1.54) is 11.1 Å². The van der Waals surface area contributed by atoms with Gasteiger partial charge in [0.05, 0.1) is 24.9 Å². The number of benzene rings is 4. The molecular weight excluding hydrogens is 564 g/mol. The first-order valence-corrected chi connectivity index (χ1v) is 15.1. The third kappa shape index (κ3) is 4.57. The van der Waals surface area contributed by atoms with Gasteiger partial charge in [-0.1, -0.05) is 84.3 Å². The van der Waals surface area contributed by atoms with Crippen LogP contribution in [0.1, 0.15) is 45.5 Å². The number of hydrogen-bond acceptors (Lipinski definition) is 2. The molecule has 4 nitrogen and oxygen atoms in total. The van der Waals surface area contributed by atoms with Crippen molar-refractivity contribution in [2.24, 2.45) is 0 Å². The summed E-state index contributed by atoms with van der Waals surface area (Å²) in [5.74, 6) is 12.1. The van der Waals surface area contributed by atoms with E-state index < -0.39 is 0 Å². The first kappa shape index (κ1) is 28.6. The van der Waals surface area contributed by atoms with Crippen molar-refractivity contribution < 1.29 is 9.47 Å². The lowest BCUT2D eigenvalue weighted by atomic mass is 9.72. The minimum absolute atomic E-state index is 0.179. The standard InChI is InChI=1S/C42H30N2O2/c1-5-23-43-35-21-11-9-19-33(35)39-38(30-16-14-18-32(28-30)46-26-8-4)42-40(34-20-10-12-22-36(34)44(42)24-6-2)37(41(39)43)29-15-13-17-31(27-29)45-25-7-3/h1-4,9-22,27-28,37-38H,23-26H2. The van der Waals surface area contributed by atoms with E-state index in [9.17, 15) is 0 Å². The van der Waals surface area contributed by atoms with Crippen LogP contribution in [0.2, 0.25) is 0 Å². The van der Waals surface area contributed by atoms with Crippen molar-refractivity contribution in [3.05, 3.63) is 131 Å². The third-order valence-electron chi connectivity index (χ3n) is 8.75. The Balaban J connectivity index is 1.64. The van der Waals surface area contributed by atoms with Gasteiger partial charge in [0.2, 0.25) is 0 Å². The predicted octanol–water partition coefficient (Wildman–Crippen LogP) is 7.56. The molecule has 0 amide bonds. The highest BCUT2D eigenvalue weighted by Gasteiger charge is 2.42. The molecule has 2 heterocycles. The van der Waals surface area contributed by atoms with Gasteiger partial charge in [0.15, 0.2) is 0 Å². The molecule has 0 bridgehead atoms. The molecule has 0 radical (unpaired) electrons. The second-order valence-corrected chi connectivity index (χ2v) is 11.2. The van der Waals surface area contributed by atoms with Crippen LogP contribution in [-0.2, 0) is 13.1 Å². The van der Waals surface area contributed by atoms with Gasteiger partial charge in [-0.05, 0) is 58.7 Å². The molecule has 46 heavy (non-hydrogen) atoms. The summed E-state index contributed by atoms with van der Waals surface area (Å²) in [7, 11) is 0. The maximum Gasteiger partial charge on any atom is 0.148 e. The average Bonchev–Trinajstić information content (AvgIpc) is 3.59. The summed E-state index contributed by atoms with van der Waals surface area (Å²) in [5, 5.41) is 2.28. The van der Waals surface area contributed by atoms with E-state index in [0.29, 0.717) is 24.6 Å². The summed E-state index contributed by atoms with van der Waals surface area (Å²) in [6, 6.07) is 33.4. The van der Waals surface area contributed by atoms with Crippen LogP contribution in [-0.4, -0.2) is 22.3 Å². The Morgan fingerprint density at radius 1 is 0.522 bits per heavy atom. The molecule has 4 aromatic carbocycles. The van der Waals surface area contributed by atoms with Crippen LogP contribution >= 0.6 is 0 Å². The summed E-state index contributed by atoms with van der Waals surface area (Å²) >= 11 is 0. The molecule has 7 rings (SSSR count). The monoisotopic (exact) mass is 594 g/mol. The molecular formula is C42H30N2O2. The number of aromatic nitrogens is 2. The number of ether oxygens (including phenoxy) is 2. The largest absolute Gasteiger partial charge is 0.481 e. The predicted molar refractivity (Wildman–Crippen MR) is 185 cm³/mol. The van der Waals surface area contributed by atoms with Gasteiger partial charge >= 0.3 is 0 Å². The van der Waals surface area contributed by atoms with Crippen molar-refractivity contribution in [1.29, 1.82) is 0 Å². The van der Waals surface area contributed by atoms with Crippen LogP contribution < -0.4 is 9.47 Å². The van der Waals surface area contributed by atoms with E-state index in [4.69, 9.17) is 35.2 Å². The van der Waals surface area contributed by atoms with Crippen molar-refractivity contribution in [3.8, 4) is 60.9 Å². The summed E-state index contributed by atoms with van der Waals surface area (Å²) < 4.78 is 16.5. The zero-order chi connectivity index (χ0) is 31.6. The van der Waals surface area contributed by atoms with Crippen molar-refractivity contribution in [1.82, 2.24) is 9.13 Å². The molecule has 0 N–H and O–H groups in total. The summed E-state index contributed by atoms with van der Waals surface area (Å²) in [6.45, 7) is 1.19. The highest BCUT2D eigenvalue weighted by molar-refractivity contribution is 5.94. The van der Waals surface area contributed by atoms with Crippen LogP contribution in [0.4, 0.5) is 0 Å². The summed E-state index contributed by atoms with van der Waals surface area (Å²) in [4.78, 5) is 0. The fourth-order valence-electron chi connectivity index (χ4n) is 7.19. The maximum atomic E-state index is 6.08. The quantitative estimate of drug-likeness (QED) is 0.170. The Morgan fingerprint density at radius 2 is 0.957 bits per heavy atom. The second-order valence-electron chi connectivity index (χ2n) is 11.2. The fourth-order valence-corrected chi connectivity index (χ4v) is 7.19. The first-order valence-electron chi connectivity index (χ1n) is 15.1. The second kappa shape index (κ2) is 12.1. The van der Waals surface area contributed by atoms with Crippen molar-refractivity contribution in [3.63, 3.8) is 0 Å². The fraction of sp³-hybridized carbons (Fsp3) is 0.143. The molecule has 2 unspecified atom stereocenters. The summed E-state index contributed by atoms with van der Waals surface area (Å²) in [5.41, 5.74) is 8.98. The minimum atomic E-state index is -0.179. The Bertz CT molecular complexity index is 2130. The lowest BCUT2D eigenvalue weighted by Crippen LogP contribution is -2.24. The van der Waals surface area contributed by atoms with Gasteiger partial charge in [-0.25, -0.2) is 0 Å².